The van der Waals surface area contributed by atoms with Gasteiger partial charge in [-0.25, -0.2) is 0 Å². The van der Waals surface area contributed by atoms with Crippen molar-refractivity contribution in [2.75, 3.05) is 26.7 Å². The van der Waals surface area contributed by atoms with Gasteiger partial charge in [0.15, 0.2) is 5.96 Å². The Balaban J connectivity index is 2.38. The predicted molar refractivity (Wildman–Crippen MR) is 85.5 cm³/mol. The van der Waals surface area contributed by atoms with E-state index in [-0.39, 0.29) is 0 Å². The van der Waals surface area contributed by atoms with E-state index in [0.29, 0.717) is 0 Å². The number of guanidine groups is 1. The molecule has 2 N–H and O–H groups in total. The van der Waals surface area contributed by atoms with Crippen molar-refractivity contribution >= 4 is 5.96 Å². The van der Waals surface area contributed by atoms with Crippen molar-refractivity contribution in [3.05, 3.63) is 42.5 Å². The van der Waals surface area contributed by atoms with Gasteiger partial charge in [0.2, 0.25) is 0 Å². The van der Waals surface area contributed by atoms with Gasteiger partial charge in [0.25, 0.3) is 0 Å². The number of aliphatic imine (C=N–C) groups is 1. The lowest BCUT2D eigenvalue weighted by molar-refractivity contribution is 0.414. The van der Waals surface area contributed by atoms with E-state index in [2.05, 4.69) is 41.3 Å². The van der Waals surface area contributed by atoms with Gasteiger partial charge in [0, 0.05) is 19.6 Å². The largest absolute Gasteiger partial charge is 0.497 e. The van der Waals surface area contributed by atoms with Crippen LogP contribution in [0.5, 0.6) is 5.75 Å². The minimum Gasteiger partial charge on any atom is -0.497 e. The molecule has 0 heterocycles. The summed E-state index contributed by atoms with van der Waals surface area (Å²) in [4.78, 5) is 4.52. The number of rotatable bonds is 8. The first kappa shape index (κ1) is 16.1. The van der Waals surface area contributed by atoms with E-state index in [1.165, 1.54) is 5.56 Å². The highest BCUT2D eigenvalue weighted by atomic mass is 16.5. The van der Waals surface area contributed by atoms with Gasteiger partial charge in [0.1, 0.15) is 5.75 Å². The Labute approximate surface area is 121 Å². The monoisotopic (exact) mass is 275 g/mol. The van der Waals surface area contributed by atoms with Crippen LogP contribution in [0.4, 0.5) is 0 Å². The molecule has 1 aromatic carbocycles. The fourth-order valence-corrected chi connectivity index (χ4v) is 1.81. The Hall–Kier alpha value is -1.97. The summed E-state index contributed by atoms with van der Waals surface area (Å²) < 4.78 is 5.22. The van der Waals surface area contributed by atoms with Gasteiger partial charge in [0.05, 0.1) is 7.11 Å². The summed E-state index contributed by atoms with van der Waals surface area (Å²) in [7, 11) is 1.69. The summed E-state index contributed by atoms with van der Waals surface area (Å²) in [6.45, 7) is 8.12. The molecule has 4 nitrogen and oxygen atoms in total. The van der Waals surface area contributed by atoms with Crippen molar-refractivity contribution < 1.29 is 4.74 Å². The molecule has 110 valence electrons. The molecule has 0 atom stereocenters. The van der Waals surface area contributed by atoms with Crippen LogP contribution < -0.4 is 15.4 Å². The number of hydrogen-bond acceptors (Lipinski definition) is 2. The third kappa shape index (κ3) is 6.27. The molecule has 0 saturated carbocycles. The van der Waals surface area contributed by atoms with E-state index < -0.39 is 0 Å². The maximum absolute atomic E-state index is 5.22. The topological polar surface area (TPSA) is 45.7 Å². The highest BCUT2D eigenvalue weighted by Gasteiger charge is 1.97. The molecule has 1 rings (SSSR count). The van der Waals surface area contributed by atoms with Gasteiger partial charge in [-0.1, -0.05) is 18.2 Å². The van der Waals surface area contributed by atoms with Crippen LogP contribution in [0.25, 0.3) is 0 Å². The molecule has 0 saturated heterocycles. The zero-order valence-corrected chi connectivity index (χ0v) is 12.5. The standard InChI is InChI=1S/C16H25N3O/c1-4-11-18-16(17-5-2)19-12-7-9-14-8-6-10-15(13-14)20-3/h4,6,8,10,13H,1,5,7,9,11-12H2,2-3H3,(H2,17,18,19). The van der Waals surface area contributed by atoms with Gasteiger partial charge in [-0.15, -0.1) is 6.58 Å². The lowest BCUT2D eigenvalue weighted by atomic mass is 10.1. The number of methoxy groups -OCH3 is 1. The van der Waals surface area contributed by atoms with Gasteiger partial charge >= 0.3 is 0 Å². The number of ether oxygens (including phenoxy) is 1. The van der Waals surface area contributed by atoms with Crippen LogP contribution in [0.2, 0.25) is 0 Å². The van der Waals surface area contributed by atoms with E-state index in [0.717, 1.165) is 44.2 Å². The smallest absolute Gasteiger partial charge is 0.191 e. The molecule has 0 amide bonds. The summed E-state index contributed by atoms with van der Waals surface area (Å²) in [6.07, 6.45) is 3.84. The Kier molecular flexibility index (Phi) is 7.96. The van der Waals surface area contributed by atoms with Gasteiger partial charge < -0.3 is 15.4 Å². The summed E-state index contributed by atoms with van der Waals surface area (Å²) in [5.41, 5.74) is 1.28. The molecule has 0 unspecified atom stereocenters. The zero-order valence-electron chi connectivity index (χ0n) is 12.5. The highest BCUT2D eigenvalue weighted by Crippen LogP contribution is 2.13. The fourth-order valence-electron chi connectivity index (χ4n) is 1.81. The van der Waals surface area contributed by atoms with Crippen LogP contribution in [0.1, 0.15) is 18.9 Å². The Morgan fingerprint density at radius 2 is 2.25 bits per heavy atom. The quantitative estimate of drug-likeness (QED) is 0.331. The number of aryl methyl sites for hydroxylation is 1. The molecule has 0 aliphatic carbocycles. The predicted octanol–water partition coefficient (Wildman–Crippen LogP) is 2.37. The fraction of sp³-hybridized carbons (Fsp3) is 0.438. The first-order valence-corrected chi connectivity index (χ1v) is 7.06. The first-order chi connectivity index (χ1) is 9.80. The molecular weight excluding hydrogens is 250 g/mol. The minimum atomic E-state index is 0.724. The van der Waals surface area contributed by atoms with Crippen molar-refractivity contribution in [2.45, 2.75) is 19.8 Å². The Morgan fingerprint density at radius 1 is 1.40 bits per heavy atom. The molecule has 0 aliphatic heterocycles. The highest BCUT2D eigenvalue weighted by molar-refractivity contribution is 5.79. The Morgan fingerprint density at radius 3 is 2.95 bits per heavy atom. The van der Waals surface area contributed by atoms with Crippen molar-refractivity contribution in [3.63, 3.8) is 0 Å². The van der Waals surface area contributed by atoms with Crippen molar-refractivity contribution in [3.8, 4) is 5.75 Å². The molecule has 0 aromatic heterocycles. The summed E-state index contributed by atoms with van der Waals surface area (Å²) in [5.74, 6) is 1.75. The second-order valence-corrected chi connectivity index (χ2v) is 4.39. The molecule has 20 heavy (non-hydrogen) atoms. The third-order valence-electron chi connectivity index (χ3n) is 2.79. The third-order valence-corrected chi connectivity index (χ3v) is 2.79. The van der Waals surface area contributed by atoms with Crippen LogP contribution in [-0.4, -0.2) is 32.7 Å². The van der Waals surface area contributed by atoms with Crippen LogP contribution in [-0.2, 0) is 6.42 Å². The van der Waals surface area contributed by atoms with E-state index in [4.69, 9.17) is 4.74 Å². The second kappa shape index (κ2) is 9.89. The van der Waals surface area contributed by atoms with Crippen molar-refractivity contribution in [1.29, 1.82) is 0 Å². The van der Waals surface area contributed by atoms with Crippen LogP contribution in [0, 0.1) is 0 Å². The minimum absolute atomic E-state index is 0.724. The molecular formula is C16H25N3O. The molecule has 0 fully saturated rings. The van der Waals surface area contributed by atoms with Crippen LogP contribution >= 0.6 is 0 Å². The van der Waals surface area contributed by atoms with Gasteiger partial charge in [-0.2, -0.15) is 0 Å². The normalized spacial score (nSPS) is 11.0. The number of nitrogens with one attached hydrogen (secondary N) is 2. The Bertz CT molecular complexity index is 429. The van der Waals surface area contributed by atoms with Crippen LogP contribution in [0.3, 0.4) is 0 Å². The average Bonchev–Trinajstić information content (AvgIpc) is 2.49. The zero-order chi connectivity index (χ0) is 14.6. The average molecular weight is 275 g/mol. The molecule has 0 spiro atoms. The molecule has 0 bridgehead atoms. The first-order valence-electron chi connectivity index (χ1n) is 7.06. The second-order valence-electron chi connectivity index (χ2n) is 4.39. The van der Waals surface area contributed by atoms with Crippen molar-refractivity contribution in [2.24, 2.45) is 4.99 Å². The summed E-state index contributed by atoms with van der Waals surface area (Å²) >= 11 is 0. The van der Waals surface area contributed by atoms with E-state index in [1.54, 1.807) is 7.11 Å². The molecule has 4 heteroatoms. The van der Waals surface area contributed by atoms with E-state index >= 15 is 0 Å². The van der Waals surface area contributed by atoms with E-state index in [1.807, 2.05) is 18.2 Å². The maximum atomic E-state index is 5.22. The SMILES string of the molecule is C=CCNC(=NCCCc1cccc(OC)c1)NCC. The summed E-state index contributed by atoms with van der Waals surface area (Å²) in [6, 6.07) is 8.18. The lowest BCUT2D eigenvalue weighted by Gasteiger charge is -2.09. The molecule has 0 radical (unpaired) electrons. The lowest BCUT2D eigenvalue weighted by Crippen LogP contribution is -2.37. The number of benzene rings is 1. The van der Waals surface area contributed by atoms with Gasteiger partial charge in [-0.3, -0.25) is 4.99 Å². The molecule has 1 aromatic rings. The number of hydrogen-bond donors (Lipinski definition) is 2. The van der Waals surface area contributed by atoms with E-state index in [9.17, 15) is 0 Å². The molecule has 0 aliphatic rings. The van der Waals surface area contributed by atoms with Crippen molar-refractivity contribution in [1.82, 2.24) is 10.6 Å². The number of nitrogens with zero attached hydrogens (tertiary/aromatic N) is 1. The maximum Gasteiger partial charge on any atom is 0.191 e. The van der Waals surface area contributed by atoms with Crippen LogP contribution in [0.15, 0.2) is 41.9 Å². The van der Waals surface area contributed by atoms with Gasteiger partial charge in [-0.05, 0) is 37.5 Å². The summed E-state index contributed by atoms with van der Waals surface area (Å²) in [5, 5.41) is 6.39.